The molecule has 1 amide bonds. The van der Waals surface area contributed by atoms with Crippen molar-refractivity contribution >= 4 is 5.91 Å². The van der Waals surface area contributed by atoms with Gasteiger partial charge in [-0.3, -0.25) is 9.69 Å². The zero-order valence-corrected chi connectivity index (χ0v) is 21.7. The fourth-order valence-electron chi connectivity index (χ4n) is 5.46. The normalized spacial score (nSPS) is 19.4. The predicted octanol–water partition coefficient (Wildman–Crippen LogP) is 4.09. The van der Waals surface area contributed by atoms with E-state index in [4.69, 9.17) is 5.73 Å². The predicted molar refractivity (Wildman–Crippen MR) is 145 cm³/mol. The van der Waals surface area contributed by atoms with E-state index in [1.54, 1.807) is 0 Å². The first-order chi connectivity index (χ1) is 17.5. The van der Waals surface area contributed by atoms with Crippen LogP contribution in [-0.2, 0) is 17.8 Å². The molecule has 4 rings (SSSR count). The monoisotopic (exact) mass is 487 g/mol. The molecule has 0 unspecified atom stereocenters. The van der Waals surface area contributed by atoms with Crippen LogP contribution < -0.4 is 11.1 Å². The summed E-state index contributed by atoms with van der Waals surface area (Å²) in [6, 6.07) is 18.8. The maximum atomic E-state index is 12.7. The average Bonchev–Trinajstić information content (AvgIpc) is 2.91. The van der Waals surface area contributed by atoms with Crippen molar-refractivity contribution in [2.75, 3.05) is 32.7 Å². The van der Waals surface area contributed by atoms with E-state index in [-0.39, 0.29) is 5.91 Å². The Morgan fingerprint density at radius 1 is 0.944 bits per heavy atom. The molecule has 0 spiro atoms. The second-order valence-electron chi connectivity index (χ2n) is 10.6. The highest BCUT2D eigenvalue weighted by atomic mass is 16.2. The van der Waals surface area contributed by atoms with Crippen molar-refractivity contribution in [2.24, 2.45) is 5.73 Å². The Bertz CT molecular complexity index is 1010. The minimum absolute atomic E-state index is 0.187. The van der Waals surface area contributed by atoms with Crippen molar-refractivity contribution < 1.29 is 4.79 Å². The molecule has 1 atom stereocenters. The number of nitrogens with one attached hydrogen (secondary N) is 1. The van der Waals surface area contributed by atoms with Crippen molar-refractivity contribution in [1.29, 1.82) is 5.26 Å². The SMILES string of the molecule is CCCN1CCN(Cc2ccc(-c3ccc(C[C@H](C#N)NC(=O)C4(N)CCCCC4)cc3)cc2)CC1. The number of amides is 1. The molecule has 6 heteroatoms. The van der Waals surface area contributed by atoms with Crippen LogP contribution >= 0.6 is 0 Å². The lowest BCUT2D eigenvalue weighted by atomic mass is 9.81. The molecule has 0 bridgehead atoms. The van der Waals surface area contributed by atoms with Gasteiger partial charge in [0.05, 0.1) is 11.6 Å². The van der Waals surface area contributed by atoms with E-state index < -0.39 is 11.6 Å². The van der Waals surface area contributed by atoms with Crippen LogP contribution in [0.3, 0.4) is 0 Å². The van der Waals surface area contributed by atoms with Gasteiger partial charge < -0.3 is 16.0 Å². The fraction of sp³-hybridized carbons (Fsp3) is 0.533. The van der Waals surface area contributed by atoms with Gasteiger partial charge in [-0.1, -0.05) is 74.7 Å². The highest BCUT2D eigenvalue weighted by Crippen LogP contribution is 2.26. The number of piperazine rings is 1. The van der Waals surface area contributed by atoms with Gasteiger partial charge >= 0.3 is 0 Å². The van der Waals surface area contributed by atoms with Crippen LogP contribution in [0.5, 0.6) is 0 Å². The quantitative estimate of drug-likeness (QED) is 0.556. The summed E-state index contributed by atoms with van der Waals surface area (Å²) < 4.78 is 0. The number of hydrogen-bond acceptors (Lipinski definition) is 5. The highest BCUT2D eigenvalue weighted by molar-refractivity contribution is 5.86. The van der Waals surface area contributed by atoms with Crippen molar-refractivity contribution in [3.8, 4) is 17.2 Å². The van der Waals surface area contributed by atoms with Crippen LogP contribution in [-0.4, -0.2) is 60.0 Å². The maximum absolute atomic E-state index is 12.7. The van der Waals surface area contributed by atoms with Gasteiger partial charge in [0.15, 0.2) is 0 Å². The van der Waals surface area contributed by atoms with E-state index in [1.165, 1.54) is 37.2 Å². The minimum atomic E-state index is -0.827. The number of rotatable bonds is 9. The van der Waals surface area contributed by atoms with E-state index in [2.05, 4.69) is 64.5 Å². The molecule has 1 aliphatic carbocycles. The number of nitriles is 1. The van der Waals surface area contributed by atoms with Crippen LogP contribution in [0.25, 0.3) is 11.1 Å². The molecular weight excluding hydrogens is 446 g/mol. The van der Waals surface area contributed by atoms with Gasteiger partial charge in [0, 0.05) is 39.1 Å². The molecule has 3 N–H and O–H groups in total. The van der Waals surface area contributed by atoms with Crippen LogP contribution in [0.15, 0.2) is 48.5 Å². The van der Waals surface area contributed by atoms with Gasteiger partial charge in [0.25, 0.3) is 0 Å². The third-order valence-electron chi connectivity index (χ3n) is 7.75. The molecule has 192 valence electrons. The first-order valence-electron chi connectivity index (χ1n) is 13.6. The molecule has 0 radical (unpaired) electrons. The maximum Gasteiger partial charge on any atom is 0.241 e. The van der Waals surface area contributed by atoms with Crippen LogP contribution in [0.1, 0.15) is 56.6 Å². The smallest absolute Gasteiger partial charge is 0.241 e. The second kappa shape index (κ2) is 12.5. The Labute approximate surface area is 216 Å². The van der Waals surface area contributed by atoms with Crippen molar-refractivity contribution in [2.45, 2.75) is 70.0 Å². The van der Waals surface area contributed by atoms with Crippen LogP contribution in [0, 0.1) is 11.3 Å². The number of carbonyl (C=O) groups excluding carboxylic acids is 1. The molecule has 0 aromatic heterocycles. The minimum Gasteiger partial charge on any atom is -0.338 e. The van der Waals surface area contributed by atoms with Crippen LogP contribution in [0.4, 0.5) is 0 Å². The van der Waals surface area contributed by atoms with Gasteiger partial charge in [-0.15, -0.1) is 0 Å². The van der Waals surface area contributed by atoms with Crippen molar-refractivity contribution in [1.82, 2.24) is 15.1 Å². The topological polar surface area (TPSA) is 85.4 Å². The van der Waals surface area contributed by atoms with Gasteiger partial charge in [0.2, 0.25) is 5.91 Å². The van der Waals surface area contributed by atoms with Gasteiger partial charge in [-0.25, -0.2) is 0 Å². The Hall–Kier alpha value is -2.72. The van der Waals surface area contributed by atoms with Crippen molar-refractivity contribution in [3.63, 3.8) is 0 Å². The molecule has 1 aliphatic heterocycles. The molecule has 2 fully saturated rings. The third kappa shape index (κ3) is 6.94. The zero-order valence-electron chi connectivity index (χ0n) is 21.7. The summed E-state index contributed by atoms with van der Waals surface area (Å²) in [7, 11) is 0. The van der Waals surface area contributed by atoms with E-state index >= 15 is 0 Å². The zero-order chi connectivity index (χ0) is 25.4. The number of carbonyl (C=O) groups is 1. The lowest BCUT2D eigenvalue weighted by molar-refractivity contribution is -0.127. The molecule has 36 heavy (non-hydrogen) atoms. The first-order valence-corrected chi connectivity index (χ1v) is 13.6. The Morgan fingerprint density at radius 2 is 1.50 bits per heavy atom. The lowest BCUT2D eigenvalue weighted by Gasteiger charge is -2.34. The highest BCUT2D eigenvalue weighted by Gasteiger charge is 2.36. The van der Waals surface area contributed by atoms with Gasteiger partial charge in [0.1, 0.15) is 6.04 Å². The number of nitrogens with zero attached hydrogens (tertiary/aromatic N) is 3. The number of hydrogen-bond donors (Lipinski definition) is 2. The summed E-state index contributed by atoms with van der Waals surface area (Å²) >= 11 is 0. The summed E-state index contributed by atoms with van der Waals surface area (Å²) in [6.45, 7) is 9.08. The summed E-state index contributed by atoms with van der Waals surface area (Å²) in [6.07, 6.45) is 6.16. The molecular formula is C30H41N5O. The molecule has 6 nitrogen and oxygen atoms in total. The Balaban J connectivity index is 1.29. The summed E-state index contributed by atoms with van der Waals surface area (Å²) in [4.78, 5) is 17.8. The van der Waals surface area contributed by atoms with Crippen LogP contribution in [0.2, 0.25) is 0 Å². The standard InChI is InChI=1S/C30H41N5O/c1-2-16-34-17-19-35(20-18-34)23-25-8-12-27(13-9-25)26-10-6-24(7-11-26)21-28(22-31)33-29(36)30(32)14-4-3-5-15-30/h6-13,28H,2-5,14-21,23,32H2,1H3,(H,33,36)/t28-/m1/s1. The molecule has 1 saturated heterocycles. The van der Waals surface area contributed by atoms with E-state index in [0.717, 1.165) is 50.0 Å². The molecule has 1 heterocycles. The molecule has 1 saturated carbocycles. The summed E-state index contributed by atoms with van der Waals surface area (Å²) in [5.41, 5.74) is 10.2. The number of benzene rings is 2. The van der Waals surface area contributed by atoms with E-state index in [0.29, 0.717) is 19.3 Å². The van der Waals surface area contributed by atoms with Gasteiger partial charge in [-0.2, -0.15) is 5.26 Å². The van der Waals surface area contributed by atoms with Crippen molar-refractivity contribution in [3.05, 3.63) is 59.7 Å². The second-order valence-corrected chi connectivity index (χ2v) is 10.6. The first kappa shape index (κ1) is 26.3. The molecule has 2 aromatic carbocycles. The van der Waals surface area contributed by atoms with Gasteiger partial charge in [-0.05, 0) is 48.1 Å². The fourth-order valence-corrected chi connectivity index (χ4v) is 5.46. The average molecular weight is 488 g/mol. The summed E-state index contributed by atoms with van der Waals surface area (Å²) in [5.74, 6) is -0.187. The summed E-state index contributed by atoms with van der Waals surface area (Å²) in [5, 5.41) is 12.5. The number of nitrogens with two attached hydrogens (primary N) is 1. The van der Waals surface area contributed by atoms with E-state index in [9.17, 15) is 10.1 Å². The van der Waals surface area contributed by atoms with E-state index in [1.807, 2.05) is 12.1 Å². The largest absolute Gasteiger partial charge is 0.338 e. The lowest BCUT2D eigenvalue weighted by Crippen LogP contribution is -2.57. The Kier molecular flexibility index (Phi) is 9.14. The Morgan fingerprint density at radius 3 is 2.06 bits per heavy atom. The molecule has 2 aromatic rings. The molecule has 2 aliphatic rings. The third-order valence-corrected chi connectivity index (χ3v) is 7.75.